The van der Waals surface area contributed by atoms with E-state index in [-0.39, 0.29) is 6.09 Å². The molecule has 1 aromatic rings. The Morgan fingerprint density at radius 2 is 2.10 bits per heavy atom. The monoisotopic (exact) mass is 451 g/mol. The van der Waals surface area contributed by atoms with Crippen molar-refractivity contribution in [3.8, 4) is 0 Å². The number of carbonyl (C=O) groups is 1. The number of amides is 1. The summed E-state index contributed by atoms with van der Waals surface area (Å²) in [5, 5.41) is 0. The summed E-state index contributed by atoms with van der Waals surface area (Å²) in [7, 11) is 0. The predicted octanol–water partition coefficient (Wildman–Crippen LogP) is 4.95. The number of ether oxygens (including phenoxy) is 1. The third-order valence-electron chi connectivity index (χ3n) is 2.96. The van der Waals surface area contributed by atoms with E-state index >= 15 is 0 Å². The van der Waals surface area contributed by atoms with Crippen molar-refractivity contribution in [1.82, 2.24) is 4.90 Å². The van der Waals surface area contributed by atoms with Gasteiger partial charge in [-0.3, -0.25) is 0 Å². The quantitative estimate of drug-likeness (QED) is 0.608. The van der Waals surface area contributed by atoms with Gasteiger partial charge in [-0.25, -0.2) is 4.79 Å². The maximum Gasteiger partial charge on any atom is 0.410 e. The number of nitrogens with zero attached hydrogens (tertiary/aromatic N) is 1. The molecule has 1 aliphatic carbocycles. The van der Waals surface area contributed by atoms with Gasteiger partial charge in [-0.2, -0.15) is 0 Å². The molecule has 0 heterocycles. The van der Waals surface area contributed by atoms with Crippen LogP contribution >= 0.6 is 38.5 Å². The smallest absolute Gasteiger partial charge is 0.410 e. The van der Waals surface area contributed by atoms with E-state index in [0.29, 0.717) is 12.6 Å². The first-order valence-corrected chi connectivity index (χ1v) is 8.57. The van der Waals surface area contributed by atoms with Crippen molar-refractivity contribution in [2.75, 3.05) is 0 Å². The fraction of sp³-hybridized carbons (Fsp3) is 0.533. The number of hydrogen-bond donors (Lipinski definition) is 0. The van der Waals surface area contributed by atoms with Gasteiger partial charge in [0.25, 0.3) is 0 Å². The number of carbonyl (C=O) groups excluding carboxylic acids is 1. The van der Waals surface area contributed by atoms with Crippen LogP contribution in [-0.4, -0.2) is 22.6 Å². The van der Waals surface area contributed by atoms with E-state index in [1.54, 1.807) is 0 Å². The maximum atomic E-state index is 12.3. The molecule has 5 heteroatoms. The van der Waals surface area contributed by atoms with Gasteiger partial charge in [0.05, 0.1) is 6.54 Å². The first kappa shape index (κ1) is 16.1. The van der Waals surface area contributed by atoms with Gasteiger partial charge < -0.3 is 9.64 Å². The molecule has 0 unspecified atom stereocenters. The van der Waals surface area contributed by atoms with Crippen LogP contribution in [0.3, 0.4) is 0 Å². The summed E-state index contributed by atoms with van der Waals surface area (Å²) in [4.78, 5) is 14.2. The summed E-state index contributed by atoms with van der Waals surface area (Å²) in [6, 6.07) is 6.47. The van der Waals surface area contributed by atoms with Crippen LogP contribution in [0.2, 0.25) is 0 Å². The molecule has 1 amide bonds. The number of halogens is 2. The fourth-order valence-electron chi connectivity index (χ4n) is 1.90. The SMILES string of the molecule is CC(C)(C)OC(=O)N(Cc1cc(Br)ccc1I)C1CC1. The molecule has 0 atom stereocenters. The molecule has 2 rings (SSSR count). The molecule has 20 heavy (non-hydrogen) atoms. The second-order valence-corrected chi connectivity index (χ2v) is 8.15. The molecule has 1 fully saturated rings. The molecule has 0 spiro atoms. The Balaban J connectivity index is 2.13. The lowest BCUT2D eigenvalue weighted by atomic mass is 10.2. The van der Waals surface area contributed by atoms with Gasteiger partial charge in [0.1, 0.15) is 5.60 Å². The van der Waals surface area contributed by atoms with E-state index in [2.05, 4.69) is 50.7 Å². The molecule has 3 nitrogen and oxygen atoms in total. The number of rotatable bonds is 3. The fourth-order valence-corrected chi connectivity index (χ4v) is 2.81. The van der Waals surface area contributed by atoms with E-state index in [9.17, 15) is 4.79 Å². The molecule has 0 aromatic heterocycles. The number of benzene rings is 1. The average Bonchev–Trinajstić information content (AvgIpc) is 3.11. The van der Waals surface area contributed by atoms with Crippen LogP contribution in [0.5, 0.6) is 0 Å². The zero-order valence-electron chi connectivity index (χ0n) is 12.0. The Kier molecular flexibility index (Phi) is 5.00. The standard InChI is InChI=1S/C15H19BrINO2/c1-15(2,3)20-14(19)18(12-5-6-12)9-10-8-11(16)4-7-13(10)17/h4,7-8,12H,5-6,9H2,1-3H3. The van der Waals surface area contributed by atoms with Gasteiger partial charge in [0, 0.05) is 14.1 Å². The van der Waals surface area contributed by atoms with Gasteiger partial charge in [-0.1, -0.05) is 15.9 Å². The van der Waals surface area contributed by atoms with Crippen LogP contribution in [0.1, 0.15) is 39.2 Å². The zero-order valence-corrected chi connectivity index (χ0v) is 15.7. The lowest BCUT2D eigenvalue weighted by molar-refractivity contribution is 0.0216. The first-order valence-electron chi connectivity index (χ1n) is 6.70. The second-order valence-electron chi connectivity index (χ2n) is 6.08. The molecule has 0 bridgehead atoms. The van der Waals surface area contributed by atoms with E-state index in [1.807, 2.05) is 31.7 Å². The Morgan fingerprint density at radius 3 is 2.65 bits per heavy atom. The van der Waals surface area contributed by atoms with E-state index in [4.69, 9.17) is 4.74 Å². The molecule has 1 aromatic carbocycles. The Bertz CT molecular complexity index is 509. The van der Waals surface area contributed by atoms with Crippen molar-refractivity contribution in [1.29, 1.82) is 0 Å². The summed E-state index contributed by atoms with van der Waals surface area (Å²) in [5.41, 5.74) is 0.701. The summed E-state index contributed by atoms with van der Waals surface area (Å²) < 4.78 is 7.72. The van der Waals surface area contributed by atoms with Crippen molar-refractivity contribution < 1.29 is 9.53 Å². The van der Waals surface area contributed by atoms with Crippen molar-refractivity contribution in [2.24, 2.45) is 0 Å². The Hall–Kier alpha value is -0.300. The molecule has 110 valence electrons. The average molecular weight is 452 g/mol. The summed E-state index contributed by atoms with van der Waals surface area (Å²) >= 11 is 5.79. The lowest BCUT2D eigenvalue weighted by Crippen LogP contribution is -2.38. The highest BCUT2D eigenvalue weighted by molar-refractivity contribution is 14.1. The van der Waals surface area contributed by atoms with Crippen LogP contribution in [0.15, 0.2) is 22.7 Å². The van der Waals surface area contributed by atoms with Gasteiger partial charge in [-0.05, 0) is 80.0 Å². The largest absolute Gasteiger partial charge is 0.444 e. The third-order valence-corrected chi connectivity index (χ3v) is 4.51. The highest BCUT2D eigenvalue weighted by atomic mass is 127. The van der Waals surface area contributed by atoms with Gasteiger partial charge in [0.15, 0.2) is 0 Å². The topological polar surface area (TPSA) is 29.5 Å². The highest BCUT2D eigenvalue weighted by Gasteiger charge is 2.35. The molecule has 0 N–H and O–H groups in total. The van der Waals surface area contributed by atoms with Crippen LogP contribution in [0.4, 0.5) is 4.79 Å². The minimum absolute atomic E-state index is 0.212. The normalized spacial score (nSPS) is 15.1. The molecule has 1 aliphatic rings. The Labute approximate surface area is 142 Å². The third kappa shape index (κ3) is 4.62. The molecular weight excluding hydrogens is 433 g/mol. The van der Waals surface area contributed by atoms with Crippen molar-refractivity contribution in [3.05, 3.63) is 31.8 Å². The summed E-state index contributed by atoms with van der Waals surface area (Å²) in [6.07, 6.45) is 1.93. The first-order chi connectivity index (χ1) is 9.26. The number of hydrogen-bond acceptors (Lipinski definition) is 2. The molecule has 0 aliphatic heterocycles. The summed E-state index contributed by atoms with van der Waals surface area (Å²) in [5.74, 6) is 0. The molecular formula is C15H19BrINO2. The van der Waals surface area contributed by atoms with Gasteiger partial charge in [-0.15, -0.1) is 0 Å². The van der Waals surface area contributed by atoms with E-state index in [1.165, 1.54) is 3.57 Å². The van der Waals surface area contributed by atoms with E-state index < -0.39 is 5.60 Å². The van der Waals surface area contributed by atoms with Gasteiger partial charge >= 0.3 is 6.09 Å². The minimum Gasteiger partial charge on any atom is -0.444 e. The van der Waals surface area contributed by atoms with Gasteiger partial charge in [0.2, 0.25) is 0 Å². The molecule has 0 saturated heterocycles. The van der Waals surface area contributed by atoms with Crippen molar-refractivity contribution in [3.63, 3.8) is 0 Å². The maximum absolute atomic E-state index is 12.3. The minimum atomic E-state index is -0.450. The van der Waals surface area contributed by atoms with E-state index in [0.717, 1.165) is 22.9 Å². The lowest BCUT2D eigenvalue weighted by Gasteiger charge is -2.27. The van der Waals surface area contributed by atoms with Crippen molar-refractivity contribution in [2.45, 2.75) is 51.8 Å². The Morgan fingerprint density at radius 1 is 1.45 bits per heavy atom. The highest BCUT2D eigenvalue weighted by Crippen LogP contribution is 2.31. The van der Waals surface area contributed by atoms with Crippen LogP contribution < -0.4 is 0 Å². The second kappa shape index (κ2) is 6.22. The molecule has 0 radical (unpaired) electrons. The summed E-state index contributed by atoms with van der Waals surface area (Å²) in [6.45, 7) is 6.31. The van der Waals surface area contributed by atoms with Crippen LogP contribution in [0.25, 0.3) is 0 Å². The predicted molar refractivity (Wildman–Crippen MR) is 91.7 cm³/mol. The zero-order chi connectivity index (χ0) is 14.9. The molecule has 1 saturated carbocycles. The van der Waals surface area contributed by atoms with Crippen LogP contribution in [-0.2, 0) is 11.3 Å². The van der Waals surface area contributed by atoms with Crippen LogP contribution in [0, 0.1) is 3.57 Å². The van der Waals surface area contributed by atoms with Crippen molar-refractivity contribution >= 4 is 44.6 Å².